The lowest BCUT2D eigenvalue weighted by molar-refractivity contribution is -0.115. The average molecular weight is 242 g/mol. The number of rotatable bonds is 2. The van der Waals surface area contributed by atoms with E-state index in [4.69, 9.17) is 4.42 Å². The molecule has 0 saturated heterocycles. The van der Waals surface area contributed by atoms with Gasteiger partial charge in [0.05, 0.1) is 12.7 Å². The van der Waals surface area contributed by atoms with E-state index in [0.717, 1.165) is 11.3 Å². The second-order valence-electron chi connectivity index (χ2n) is 4.03. The van der Waals surface area contributed by atoms with Gasteiger partial charge in [-0.2, -0.15) is 0 Å². The molecule has 2 amide bonds. The van der Waals surface area contributed by atoms with E-state index in [9.17, 15) is 9.59 Å². The average Bonchev–Trinajstić information content (AvgIpc) is 2.95. The van der Waals surface area contributed by atoms with Crippen LogP contribution in [-0.2, 0) is 11.2 Å². The Balaban J connectivity index is 1.80. The lowest BCUT2D eigenvalue weighted by atomic mass is 10.1. The van der Waals surface area contributed by atoms with Gasteiger partial charge in [0.1, 0.15) is 0 Å². The highest BCUT2D eigenvalue weighted by atomic mass is 16.3. The van der Waals surface area contributed by atoms with Crippen molar-refractivity contribution in [3.05, 3.63) is 47.9 Å². The minimum Gasteiger partial charge on any atom is -0.459 e. The number of anilines is 2. The van der Waals surface area contributed by atoms with Crippen molar-refractivity contribution < 1.29 is 14.0 Å². The summed E-state index contributed by atoms with van der Waals surface area (Å²) in [5.74, 6) is -0.0820. The molecule has 18 heavy (non-hydrogen) atoms. The molecule has 1 aromatic heterocycles. The smallest absolute Gasteiger partial charge is 0.291 e. The third kappa shape index (κ3) is 1.86. The number of hydrogen-bond acceptors (Lipinski definition) is 3. The maximum absolute atomic E-state index is 11.8. The normalized spacial score (nSPS) is 13.0. The Hall–Kier alpha value is -2.56. The third-order valence-electron chi connectivity index (χ3n) is 2.73. The predicted octanol–water partition coefficient (Wildman–Crippen LogP) is 2.03. The molecule has 3 rings (SSSR count). The minimum absolute atomic E-state index is 0.0282. The molecular weight excluding hydrogens is 232 g/mol. The molecule has 2 aromatic rings. The Morgan fingerprint density at radius 2 is 2.22 bits per heavy atom. The van der Waals surface area contributed by atoms with E-state index >= 15 is 0 Å². The molecule has 0 fully saturated rings. The largest absolute Gasteiger partial charge is 0.459 e. The van der Waals surface area contributed by atoms with Crippen molar-refractivity contribution in [2.45, 2.75) is 6.42 Å². The highest BCUT2D eigenvalue weighted by molar-refractivity contribution is 6.03. The Morgan fingerprint density at radius 1 is 1.33 bits per heavy atom. The number of carbonyl (C=O) groups excluding carboxylic acids is 2. The fourth-order valence-corrected chi connectivity index (χ4v) is 1.91. The van der Waals surface area contributed by atoms with E-state index in [1.807, 2.05) is 0 Å². The molecule has 0 saturated carbocycles. The predicted molar refractivity (Wildman–Crippen MR) is 65.4 cm³/mol. The SMILES string of the molecule is O=C1Cc2cc(NC(=O)c3ccco3)ccc2N1. The lowest BCUT2D eigenvalue weighted by Gasteiger charge is -2.05. The van der Waals surface area contributed by atoms with Crippen LogP contribution in [0.5, 0.6) is 0 Å². The zero-order valence-electron chi connectivity index (χ0n) is 9.40. The molecule has 2 heterocycles. The summed E-state index contributed by atoms with van der Waals surface area (Å²) in [4.78, 5) is 23.0. The minimum atomic E-state index is -0.308. The first-order valence-electron chi connectivity index (χ1n) is 5.50. The van der Waals surface area contributed by atoms with Crippen molar-refractivity contribution in [1.82, 2.24) is 0 Å². The van der Waals surface area contributed by atoms with Gasteiger partial charge in [-0.05, 0) is 35.9 Å². The molecule has 0 radical (unpaired) electrons. The molecule has 1 aliphatic heterocycles. The van der Waals surface area contributed by atoms with Crippen LogP contribution in [0.25, 0.3) is 0 Å². The van der Waals surface area contributed by atoms with Gasteiger partial charge in [-0.15, -0.1) is 0 Å². The van der Waals surface area contributed by atoms with Crippen LogP contribution in [-0.4, -0.2) is 11.8 Å². The number of furan rings is 1. The van der Waals surface area contributed by atoms with Gasteiger partial charge in [0.2, 0.25) is 5.91 Å². The van der Waals surface area contributed by atoms with Crippen LogP contribution in [0.3, 0.4) is 0 Å². The number of hydrogen-bond donors (Lipinski definition) is 2. The monoisotopic (exact) mass is 242 g/mol. The van der Waals surface area contributed by atoms with Gasteiger partial charge < -0.3 is 15.1 Å². The van der Waals surface area contributed by atoms with Gasteiger partial charge in [-0.25, -0.2) is 0 Å². The first-order valence-corrected chi connectivity index (χ1v) is 5.50. The Kier molecular flexibility index (Phi) is 2.37. The van der Waals surface area contributed by atoms with Crippen LogP contribution in [0.2, 0.25) is 0 Å². The quantitative estimate of drug-likeness (QED) is 0.846. The highest BCUT2D eigenvalue weighted by Crippen LogP contribution is 2.26. The van der Waals surface area contributed by atoms with Crippen LogP contribution < -0.4 is 10.6 Å². The first-order chi connectivity index (χ1) is 8.72. The summed E-state index contributed by atoms with van der Waals surface area (Å²) in [6, 6.07) is 8.55. The zero-order chi connectivity index (χ0) is 12.5. The Morgan fingerprint density at radius 3 is 3.00 bits per heavy atom. The summed E-state index contributed by atoms with van der Waals surface area (Å²) in [5.41, 5.74) is 2.33. The topological polar surface area (TPSA) is 71.3 Å². The van der Waals surface area contributed by atoms with Crippen LogP contribution in [0.4, 0.5) is 11.4 Å². The summed E-state index contributed by atoms with van der Waals surface area (Å²) in [6.45, 7) is 0. The lowest BCUT2D eigenvalue weighted by Crippen LogP contribution is -2.10. The number of carbonyl (C=O) groups is 2. The summed E-state index contributed by atoms with van der Waals surface area (Å²) >= 11 is 0. The van der Waals surface area contributed by atoms with E-state index in [1.165, 1.54) is 6.26 Å². The molecule has 0 aliphatic carbocycles. The second kappa shape index (κ2) is 4.03. The van der Waals surface area contributed by atoms with Gasteiger partial charge in [0.25, 0.3) is 5.91 Å². The van der Waals surface area contributed by atoms with E-state index in [0.29, 0.717) is 12.1 Å². The molecule has 1 aliphatic rings. The van der Waals surface area contributed by atoms with Crippen molar-refractivity contribution in [3.8, 4) is 0 Å². The molecule has 5 nitrogen and oxygen atoms in total. The Labute approximate surface area is 103 Å². The number of nitrogens with one attached hydrogen (secondary N) is 2. The van der Waals surface area contributed by atoms with Crippen LogP contribution in [0, 0.1) is 0 Å². The van der Waals surface area contributed by atoms with E-state index in [2.05, 4.69) is 10.6 Å². The molecule has 0 spiro atoms. The molecule has 1 aromatic carbocycles. The summed E-state index contributed by atoms with van der Waals surface area (Å²) < 4.78 is 5.00. The van der Waals surface area contributed by atoms with Crippen molar-refractivity contribution in [3.63, 3.8) is 0 Å². The highest BCUT2D eigenvalue weighted by Gasteiger charge is 2.18. The third-order valence-corrected chi connectivity index (χ3v) is 2.73. The zero-order valence-corrected chi connectivity index (χ0v) is 9.40. The second-order valence-corrected chi connectivity index (χ2v) is 4.03. The summed E-state index contributed by atoms with van der Waals surface area (Å²) in [7, 11) is 0. The molecule has 2 N–H and O–H groups in total. The van der Waals surface area contributed by atoms with Gasteiger partial charge in [-0.3, -0.25) is 9.59 Å². The molecule has 5 heteroatoms. The van der Waals surface area contributed by atoms with Gasteiger partial charge in [0, 0.05) is 11.4 Å². The Bertz CT molecular complexity index is 617. The maximum atomic E-state index is 11.8. The van der Waals surface area contributed by atoms with Crippen LogP contribution in [0.1, 0.15) is 16.1 Å². The number of fused-ring (bicyclic) bond motifs is 1. The van der Waals surface area contributed by atoms with Gasteiger partial charge >= 0.3 is 0 Å². The van der Waals surface area contributed by atoms with Crippen molar-refractivity contribution in [2.75, 3.05) is 10.6 Å². The number of amides is 2. The van der Waals surface area contributed by atoms with Crippen molar-refractivity contribution >= 4 is 23.2 Å². The molecule has 90 valence electrons. The van der Waals surface area contributed by atoms with Crippen molar-refractivity contribution in [1.29, 1.82) is 0 Å². The van der Waals surface area contributed by atoms with Crippen LogP contribution >= 0.6 is 0 Å². The maximum Gasteiger partial charge on any atom is 0.291 e. The molecule has 0 atom stereocenters. The standard InChI is InChI=1S/C13H10N2O3/c16-12-7-8-6-9(3-4-10(8)15-12)14-13(17)11-2-1-5-18-11/h1-6H,7H2,(H,14,17)(H,15,16). The van der Waals surface area contributed by atoms with Gasteiger partial charge in [-0.1, -0.05) is 0 Å². The molecule has 0 bridgehead atoms. The molecule has 0 unspecified atom stereocenters. The molecular formula is C13H10N2O3. The fourth-order valence-electron chi connectivity index (χ4n) is 1.91. The van der Waals surface area contributed by atoms with E-state index in [-0.39, 0.29) is 17.6 Å². The van der Waals surface area contributed by atoms with E-state index < -0.39 is 0 Å². The fraction of sp³-hybridized carbons (Fsp3) is 0.0769. The first kappa shape index (κ1) is 10.6. The summed E-state index contributed by atoms with van der Waals surface area (Å²) in [6.07, 6.45) is 1.79. The van der Waals surface area contributed by atoms with Crippen molar-refractivity contribution in [2.24, 2.45) is 0 Å². The van der Waals surface area contributed by atoms with Gasteiger partial charge in [0.15, 0.2) is 5.76 Å². The summed E-state index contributed by atoms with van der Waals surface area (Å²) in [5, 5.41) is 5.45. The van der Waals surface area contributed by atoms with E-state index in [1.54, 1.807) is 30.3 Å². The number of benzene rings is 1. The van der Waals surface area contributed by atoms with Crippen LogP contribution in [0.15, 0.2) is 41.0 Å².